The molecule has 5 heteroatoms. The average molecular weight is 229 g/mol. The number of fused-ring (bicyclic) bond motifs is 3. The zero-order chi connectivity index (χ0) is 12.0. The molecule has 2 aromatic heterocycles. The van der Waals surface area contributed by atoms with E-state index in [2.05, 4.69) is 9.97 Å². The number of aromatic nitrogens is 2. The van der Waals surface area contributed by atoms with Gasteiger partial charge in [-0.25, -0.2) is 0 Å². The van der Waals surface area contributed by atoms with Gasteiger partial charge in [-0.1, -0.05) is 0 Å². The molecule has 0 saturated heterocycles. The van der Waals surface area contributed by atoms with Crippen LogP contribution < -0.4 is 10.5 Å². The van der Waals surface area contributed by atoms with E-state index in [1.54, 1.807) is 18.5 Å². The predicted octanol–water partition coefficient (Wildman–Crippen LogP) is 1.63. The molecule has 0 radical (unpaired) electrons. The summed E-state index contributed by atoms with van der Waals surface area (Å²) in [7, 11) is 0. The monoisotopic (exact) mass is 229 g/mol. The van der Waals surface area contributed by atoms with E-state index in [1.165, 1.54) is 0 Å². The van der Waals surface area contributed by atoms with E-state index in [0.717, 1.165) is 16.8 Å². The van der Waals surface area contributed by atoms with Crippen LogP contribution >= 0.6 is 0 Å². The molecule has 2 aromatic rings. The standard InChI is InChI=1S/C12H11N3O2/c1-6-8-4-9(12(13)16)15-11(8)7-2-3-14-5-10(7)17-6/h2-6,15H,1H3,(H2,13,16). The molecule has 1 aliphatic heterocycles. The van der Waals surface area contributed by atoms with Crippen LogP contribution in [0.1, 0.15) is 29.1 Å². The number of nitrogens with one attached hydrogen (secondary N) is 1. The molecule has 0 fully saturated rings. The molecule has 1 unspecified atom stereocenters. The first-order valence-corrected chi connectivity index (χ1v) is 5.30. The summed E-state index contributed by atoms with van der Waals surface area (Å²) in [5.41, 5.74) is 8.40. The summed E-state index contributed by atoms with van der Waals surface area (Å²) >= 11 is 0. The molecule has 17 heavy (non-hydrogen) atoms. The van der Waals surface area contributed by atoms with Crippen molar-refractivity contribution in [3.05, 3.63) is 35.8 Å². The first-order valence-electron chi connectivity index (χ1n) is 5.30. The van der Waals surface area contributed by atoms with Gasteiger partial charge in [-0.3, -0.25) is 9.78 Å². The lowest BCUT2D eigenvalue weighted by molar-refractivity contribution is 0.0996. The molecule has 5 nitrogen and oxygen atoms in total. The second-order valence-electron chi connectivity index (χ2n) is 4.01. The van der Waals surface area contributed by atoms with E-state index < -0.39 is 5.91 Å². The molecule has 0 aliphatic carbocycles. The van der Waals surface area contributed by atoms with E-state index >= 15 is 0 Å². The van der Waals surface area contributed by atoms with Gasteiger partial charge in [0.05, 0.1) is 11.9 Å². The Morgan fingerprint density at radius 1 is 1.59 bits per heavy atom. The fraction of sp³-hybridized carbons (Fsp3) is 0.167. The van der Waals surface area contributed by atoms with Gasteiger partial charge in [0.25, 0.3) is 5.91 Å². The van der Waals surface area contributed by atoms with Gasteiger partial charge in [0, 0.05) is 17.3 Å². The number of aromatic amines is 1. The first-order chi connectivity index (χ1) is 8.16. The van der Waals surface area contributed by atoms with E-state index in [4.69, 9.17) is 10.5 Å². The van der Waals surface area contributed by atoms with Gasteiger partial charge in [-0.15, -0.1) is 0 Å². The smallest absolute Gasteiger partial charge is 0.265 e. The van der Waals surface area contributed by atoms with Crippen molar-refractivity contribution in [2.75, 3.05) is 0 Å². The Morgan fingerprint density at radius 3 is 3.18 bits per heavy atom. The zero-order valence-electron chi connectivity index (χ0n) is 9.23. The Balaban J connectivity index is 2.24. The van der Waals surface area contributed by atoms with E-state index in [1.807, 2.05) is 13.0 Å². The topological polar surface area (TPSA) is 81.0 Å². The molecule has 86 valence electrons. The molecular formula is C12H11N3O2. The highest BCUT2D eigenvalue weighted by molar-refractivity contribution is 5.93. The second kappa shape index (κ2) is 3.35. The Bertz CT molecular complexity index is 604. The Labute approximate surface area is 97.6 Å². The van der Waals surface area contributed by atoms with Gasteiger partial charge in [-0.2, -0.15) is 0 Å². The van der Waals surface area contributed by atoms with Crippen molar-refractivity contribution in [1.29, 1.82) is 0 Å². The largest absolute Gasteiger partial charge is 0.484 e. The number of primary amides is 1. The van der Waals surface area contributed by atoms with E-state index in [9.17, 15) is 4.79 Å². The van der Waals surface area contributed by atoms with Crippen molar-refractivity contribution in [3.63, 3.8) is 0 Å². The molecule has 0 saturated carbocycles. The lowest BCUT2D eigenvalue weighted by atomic mass is 10.0. The SMILES string of the molecule is CC1Oc2cnccc2-c2[nH]c(C(N)=O)cc21. The predicted molar refractivity (Wildman–Crippen MR) is 61.6 cm³/mol. The van der Waals surface area contributed by atoms with Crippen molar-refractivity contribution in [1.82, 2.24) is 9.97 Å². The van der Waals surface area contributed by atoms with Crippen LogP contribution in [0.3, 0.4) is 0 Å². The lowest BCUT2D eigenvalue weighted by Gasteiger charge is -2.22. The van der Waals surface area contributed by atoms with Crippen molar-refractivity contribution in [2.45, 2.75) is 13.0 Å². The maximum Gasteiger partial charge on any atom is 0.265 e. The molecule has 1 atom stereocenters. The number of hydrogen-bond donors (Lipinski definition) is 2. The number of amides is 1. The van der Waals surface area contributed by atoms with Crippen LogP contribution in [0, 0.1) is 0 Å². The summed E-state index contributed by atoms with van der Waals surface area (Å²) in [6.07, 6.45) is 3.23. The van der Waals surface area contributed by atoms with Crippen LogP contribution in [-0.4, -0.2) is 15.9 Å². The molecule has 1 amide bonds. The molecular weight excluding hydrogens is 218 g/mol. The van der Waals surface area contributed by atoms with Crippen LogP contribution in [0.2, 0.25) is 0 Å². The molecule has 0 spiro atoms. The highest BCUT2D eigenvalue weighted by atomic mass is 16.5. The van der Waals surface area contributed by atoms with Crippen LogP contribution in [0.4, 0.5) is 0 Å². The Morgan fingerprint density at radius 2 is 2.41 bits per heavy atom. The quantitative estimate of drug-likeness (QED) is 0.779. The van der Waals surface area contributed by atoms with Gasteiger partial charge >= 0.3 is 0 Å². The number of nitrogens with two attached hydrogens (primary N) is 1. The Hall–Kier alpha value is -2.30. The second-order valence-corrected chi connectivity index (χ2v) is 4.01. The fourth-order valence-corrected chi connectivity index (χ4v) is 2.08. The van der Waals surface area contributed by atoms with Crippen molar-refractivity contribution < 1.29 is 9.53 Å². The zero-order valence-corrected chi connectivity index (χ0v) is 9.23. The number of H-pyrrole nitrogens is 1. The van der Waals surface area contributed by atoms with Crippen LogP contribution in [0.25, 0.3) is 11.3 Å². The van der Waals surface area contributed by atoms with Gasteiger partial charge in [0.2, 0.25) is 0 Å². The number of rotatable bonds is 1. The minimum Gasteiger partial charge on any atom is -0.484 e. The summed E-state index contributed by atoms with van der Waals surface area (Å²) < 4.78 is 5.72. The van der Waals surface area contributed by atoms with Gasteiger partial charge in [0.1, 0.15) is 17.5 Å². The van der Waals surface area contributed by atoms with Gasteiger partial charge in [-0.05, 0) is 19.1 Å². The van der Waals surface area contributed by atoms with Crippen LogP contribution in [0.15, 0.2) is 24.5 Å². The van der Waals surface area contributed by atoms with Gasteiger partial charge in [0.15, 0.2) is 0 Å². The lowest BCUT2D eigenvalue weighted by Crippen LogP contribution is -2.10. The summed E-state index contributed by atoms with van der Waals surface area (Å²) in [4.78, 5) is 18.2. The minimum atomic E-state index is -0.470. The molecule has 0 aromatic carbocycles. The summed E-state index contributed by atoms with van der Waals surface area (Å²) in [5, 5.41) is 0. The van der Waals surface area contributed by atoms with E-state index in [-0.39, 0.29) is 6.10 Å². The third-order valence-corrected chi connectivity index (χ3v) is 2.91. The minimum absolute atomic E-state index is 0.119. The summed E-state index contributed by atoms with van der Waals surface area (Å²) in [6, 6.07) is 3.59. The van der Waals surface area contributed by atoms with E-state index in [0.29, 0.717) is 11.4 Å². The number of pyridine rings is 1. The van der Waals surface area contributed by atoms with Crippen LogP contribution in [0.5, 0.6) is 5.75 Å². The van der Waals surface area contributed by atoms with Crippen LogP contribution in [-0.2, 0) is 0 Å². The maximum atomic E-state index is 11.2. The number of hydrogen-bond acceptors (Lipinski definition) is 3. The number of nitrogens with zero attached hydrogens (tertiary/aromatic N) is 1. The number of ether oxygens (including phenoxy) is 1. The summed E-state index contributed by atoms with van der Waals surface area (Å²) in [5.74, 6) is 0.243. The average Bonchev–Trinajstić information content (AvgIpc) is 2.75. The molecule has 1 aliphatic rings. The van der Waals surface area contributed by atoms with Crippen molar-refractivity contribution in [3.8, 4) is 17.0 Å². The number of carbonyl (C=O) groups excluding carboxylic acids is 1. The van der Waals surface area contributed by atoms with Crippen molar-refractivity contribution >= 4 is 5.91 Å². The first kappa shape index (κ1) is 9.89. The van der Waals surface area contributed by atoms with Gasteiger partial charge < -0.3 is 15.5 Å². The molecule has 3 N–H and O–H groups in total. The molecule has 3 rings (SSSR count). The third-order valence-electron chi connectivity index (χ3n) is 2.91. The highest BCUT2D eigenvalue weighted by Gasteiger charge is 2.26. The van der Waals surface area contributed by atoms with Crippen molar-refractivity contribution in [2.24, 2.45) is 5.73 Å². The third kappa shape index (κ3) is 1.39. The number of carbonyl (C=O) groups is 1. The highest BCUT2D eigenvalue weighted by Crippen LogP contribution is 2.41. The molecule has 3 heterocycles. The Kier molecular flexibility index (Phi) is 1.95. The maximum absolute atomic E-state index is 11.2. The molecule has 0 bridgehead atoms. The summed E-state index contributed by atoms with van der Waals surface area (Å²) in [6.45, 7) is 1.92. The fourth-order valence-electron chi connectivity index (χ4n) is 2.08. The normalized spacial score (nSPS) is 16.9.